The highest BCUT2D eigenvalue weighted by atomic mass is 16.3. The quantitative estimate of drug-likeness (QED) is 0.186. The molecule has 0 spiro atoms. The van der Waals surface area contributed by atoms with Crippen molar-refractivity contribution in [1.29, 1.82) is 0 Å². The average molecular weight is 667 g/mol. The highest BCUT2D eigenvalue weighted by Gasteiger charge is 2.19. The average Bonchev–Trinajstić information content (AvgIpc) is 3.77. The summed E-state index contributed by atoms with van der Waals surface area (Å²) in [6.07, 6.45) is 3.72. The van der Waals surface area contributed by atoms with Crippen LogP contribution < -0.4 is 0 Å². The second-order valence-corrected chi connectivity index (χ2v) is 13.0. The molecule has 0 aliphatic carbocycles. The van der Waals surface area contributed by atoms with Crippen molar-refractivity contribution in [1.82, 2.24) is 19.9 Å². The Labute approximate surface area is 296 Å². The van der Waals surface area contributed by atoms with Gasteiger partial charge in [0.2, 0.25) is 0 Å². The number of fused-ring (bicyclic) bond motifs is 8. The molecule has 0 saturated carbocycles. The Hall–Kier alpha value is -7.18. The van der Waals surface area contributed by atoms with Gasteiger partial charge in [-0.1, -0.05) is 103 Å². The summed E-state index contributed by atoms with van der Waals surface area (Å²) >= 11 is 0. The molecule has 52 heavy (non-hydrogen) atoms. The van der Waals surface area contributed by atoms with Crippen molar-refractivity contribution >= 4 is 65.4 Å². The van der Waals surface area contributed by atoms with E-state index in [2.05, 4.69) is 77.8 Å². The first kappa shape index (κ1) is 28.6. The second kappa shape index (κ2) is 11.2. The van der Waals surface area contributed by atoms with Gasteiger partial charge in [0.15, 0.2) is 17.5 Å². The fraction of sp³-hybridized carbons (Fsp3) is 0. The van der Waals surface area contributed by atoms with Crippen LogP contribution in [0, 0.1) is 0 Å². The van der Waals surface area contributed by atoms with E-state index in [0.29, 0.717) is 17.5 Å². The van der Waals surface area contributed by atoms with Crippen molar-refractivity contribution in [3.63, 3.8) is 0 Å². The predicted octanol–water partition coefficient (Wildman–Crippen LogP) is 12.0. The summed E-state index contributed by atoms with van der Waals surface area (Å²) < 4.78 is 12.6. The lowest BCUT2D eigenvalue weighted by molar-refractivity contribution is 0.669. The summed E-state index contributed by atoms with van der Waals surface area (Å²) in [4.78, 5) is 19.6. The number of pyridine rings is 1. The lowest BCUT2D eigenvalue weighted by Gasteiger charge is -2.12. The van der Waals surface area contributed by atoms with E-state index in [9.17, 15) is 0 Å². The van der Waals surface area contributed by atoms with Crippen molar-refractivity contribution in [3.05, 3.63) is 158 Å². The number of nitrogens with zero attached hydrogens (tertiary/aromatic N) is 4. The van der Waals surface area contributed by atoms with Gasteiger partial charge in [0.05, 0.1) is 0 Å². The van der Waals surface area contributed by atoms with Gasteiger partial charge >= 0.3 is 0 Å². The maximum Gasteiger partial charge on any atom is 0.164 e. The number of aromatic nitrogens is 4. The molecule has 242 valence electrons. The van der Waals surface area contributed by atoms with E-state index in [1.54, 1.807) is 0 Å². The molecule has 7 aromatic carbocycles. The molecular formula is C46H26N4O2. The third-order valence-corrected chi connectivity index (χ3v) is 9.99. The van der Waals surface area contributed by atoms with Crippen molar-refractivity contribution in [2.24, 2.45) is 0 Å². The first-order valence-electron chi connectivity index (χ1n) is 17.2. The van der Waals surface area contributed by atoms with E-state index in [1.165, 1.54) is 0 Å². The monoisotopic (exact) mass is 666 g/mol. The highest BCUT2D eigenvalue weighted by Crippen LogP contribution is 2.41. The third kappa shape index (κ3) is 4.44. The van der Waals surface area contributed by atoms with E-state index in [0.717, 1.165) is 93.2 Å². The summed E-state index contributed by atoms with van der Waals surface area (Å²) in [6, 6.07) is 49.7. The molecule has 4 aromatic heterocycles. The zero-order valence-corrected chi connectivity index (χ0v) is 27.6. The van der Waals surface area contributed by atoms with Gasteiger partial charge in [0.1, 0.15) is 22.3 Å². The zero-order chi connectivity index (χ0) is 34.2. The van der Waals surface area contributed by atoms with Crippen molar-refractivity contribution in [2.75, 3.05) is 0 Å². The largest absolute Gasteiger partial charge is 0.456 e. The Morgan fingerprint density at radius 1 is 0.365 bits per heavy atom. The standard InChI is InChI=1S/C46H26N4O2/c1-2-9-27(10-3-1)44-48-45(50-46(49-44)36-15-8-18-40-43(36)35-12-4-5-16-38(35)51-40)30-19-20-32-29(23-30)11-6-13-33(32)34-14-7-17-39-42(34)37-24-31-26-47-22-21-28(31)25-41(37)52-39/h1-26H. The highest BCUT2D eigenvalue weighted by molar-refractivity contribution is 6.18. The smallest absolute Gasteiger partial charge is 0.164 e. The first-order chi connectivity index (χ1) is 25.7. The van der Waals surface area contributed by atoms with Crippen LogP contribution >= 0.6 is 0 Å². The van der Waals surface area contributed by atoms with Gasteiger partial charge in [0, 0.05) is 56.0 Å². The van der Waals surface area contributed by atoms with E-state index in [-0.39, 0.29) is 0 Å². The summed E-state index contributed by atoms with van der Waals surface area (Å²) in [5, 5.41) is 8.58. The molecule has 0 bridgehead atoms. The SMILES string of the molecule is c1ccc(-c2nc(-c3ccc4c(-c5cccc6oc7cc8ccncc8cc7c56)cccc4c3)nc(-c3cccc4oc5ccccc5c34)n2)cc1. The molecule has 0 fully saturated rings. The van der Waals surface area contributed by atoms with Crippen molar-refractivity contribution < 1.29 is 8.83 Å². The Balaban J connectivity index is 1.10. The Morgan fingerprint density at radius 2 is 1.06 bits per heavy atom. The van der Waals surface area contributed by atoms with Crippen LogP contribution in [0.15, 0.2) is 167 Å². The van der Waals surface area contributed by atoms with Crippen molar-refractivity contribution in [2.45, 2.75) is 0 Å². The van der Waals surface area contributed by atoms with E-state index >= 15 is 0 Å². The predicted molar refractivity (Wildman–Crippen MR) is 209 cm³/mol. The van der Waals surface area contributed by atoms with Crippen LogP contribution in [0.3, 0.4) is 0 Å². The summed E-state index contributed by atoms with van der Waals surface area (Å²) in [6.45, 7) is 0. The fourth-order valence-electron chi connectivity index (χ4n) is 7.59. The van der Waals surface area contributed by atoms with Gasteiger partial charge < -0.3 is 8.83 Å². The van der Waals surface area contributed by atoms with Crippen LogP contribution in [0.5, 0.6) is 0 Å². The molecule has 0 atom stereocenters. The number of benzene rings is 7. The van der Waals surface area contributed by atoms with E-state index in [1.807, 2.05) is 85.2 Å². The number of furan rings is 2. The van der Waals surface area contributed by atoms with Crippen LogP contribution in [0.1, 0.15) is 0 Å². The Morgan fingerprint density at radius 3 is 1.94 bits per heavy atom. The Bertz CT molecular complexity index is 3200. The molecular weight excluding hydrogens is 641 g/mol. The van der Waals surface area contributed by atoms with Gasteiger partial charge in [-0.3, -0.25) is 4.98 Å². The summed E-state index contributed by atoms with van der Waals surface area (Å²) in [5.41, 5.74) is 8.32. The van der Waals surface area contributed by atoms with E-state index < -0.39 is 0 Å². The molecule has 0 aliphatic heterocycles. The lowest BCUT2D eigenvalue weighted by atomic mass is 9.93. The first-order valence-corrected chi connectivity index (χ1v) is 17.2. The Kier molecular flexibility index (Phi) is 6.15. The minimum atomic E-state index is 0.594. The van der Waals surface area contributed by atoms with Gasteiger partial charge in [-0.2, -0.15) is 0 Å². The van der Waals surface area contributed by atoms with E-state index in [4.69, 9.17) is 23.8 Å². The number of hydrogen-bond acceptors (Lipinski definition) is 6. The molecule has 11 rings (SSSR count). The minimum absolute atomic E-state index is 0.594. The molecule has 0 saturated heterocycles. The van der Waals surface area contributed by atoms with Crippen LogP contribution in [-0.4, -0.2) is 19.9 Å². The maximum atomic E-state index is 6.40. The molecule has 11 aromatic rings. The van der Waals surface area contributed by atoms with Gasteiger partial charge in [-0.05, 0) is 69.8 Å². The van der Waals surface area contributed by atoms with Crippen LogP contribution in [-0.2, 0) is 0 Å². The lowest BCUT2D eigenvalue weighted by Crippen LogP contribution is -2.00. The van der Waals surface area contributed by atoms with Crippen LogP contribution in [0.2, 0.25) is 0 Å². The minimum Gasteiger partial charge on any atom is -0.456 e. The molecule has 0 radical (unpaired) electrons. The molecule has 6 nitrogen and oxygen atoms in total. The van der Waals surface area contributed by atoms with Crippen LogP contribution in [0.25, 0.3) is 111 Å². The summed E-state index contributed by atoms with van der Waals surface area (Å²) in [5.74, 6) is 1.81. The van der Waals surface area contributed by atoms with Gasteiger partial charge in [-0.15, -0.1) is 0 Å². The molecule has 0 N–H and O–H groups in total. The molecule has 6 heteroatoms. The normalized spacial score (nSPS) is 11.8. The fourth-order valence-corrected chi connectivity index (χ4v) is 7.59. The van der Waals surface area contributed by atoms with Gasteiger partial charge in [-0.25, -0.2) is 15.0 Å². The third-order valence-electron chi connectivity index (χ3n) is 9.99. The summed E-state index contributed by atoms with van der Waals surface area (Å²) in [7, 11) is 0. The zero-order valence-electron chi connectivity index (χ0n) is 27.6. The molecule has 4 heterocycles. The molecule has 0 amide bonds. The molecule has 0 unspecified atom stereocenters. The van der Waals surface area contributed by atoms with Crippen molar-refractivity contribution in [3.8, 4) is 45.3 Å². The number of hydrogen-bond donors (Lipinski definition) is 0. The molecule has 0 aliphatic rings. The van der Waals surface area contributed by atoms with Crippen LogP contribution in [0.4, 0.5) is 0 Å². The number of para-hydroxylation sites is 1. The number of rotatable bonds is 4. The van der Waals surface area contributed by atoms with Gasteiger partial charge in [0.25, 0.3) is 0 Å². The maximum absolute atomic E-state index is 6.40. The topological polar surface area (TPSA) is 77.8 Å². The second-order valence-electron chi connectivity index (χ2n) is 13.0.